The monoisotopic (exact) mass is 193 g/mol. The van der Waals surface area contributed by atoms with Crippen LogP contribution in [0.15, 0.2) is 30.3 Å². The molecule has 0 unspecified atom stereocenters. The molecule has 0 bridgehead atoms. The molecule has 3 heteroatoms. The third kappa shape index (κ3) is 3.09. The van der Waals surface area contributed by atoms with Gasteiger partial charge in [-0.2, -0.15) is 0 Å². The Kier molecular flexibility index (Phi) is 4.55. The van der Waals surface area contributed by atoms with E-state index in [4.69, 9.17) is 0 Å². The third-order valence-electron chi connectivity index (χ3n) is 2.05. The van der Waals surface area contributed by atoms with E-state index in [1.807, 2.05) is 30.3 Å². The molecule has 0 saturated carbocycles. The Morgan fingerprint density at radius 2 is 2.07 bits per heavy atom. The zero-order chi connectivity index (χ0) is 10.2. The van der Waals surface area contributed by atoms with Gasteiger partial charge in [0, 0.05) is 12.2 Å². The zero-order valence-electron chi connectivity index (χ0n) is 8.35. The molecular weight excluding hydrogens is 178 g/mol. The van der Waals surface area contributed by atoms with Crippen LogP contribution in [0.2, 0.25) is 0 Å². The maximum absolute atomic E-state index is 9.97. The molecular formula is C11H15NO2. The molecule has 1 aromatic carbocycles. The maximum Gasteiger partial charge on any atom is 0.293 e. The van der Waals surface area contributed by atoms with Crippen molar-refractivity contribution in [1.82, 2.24) is 0 Å². The summed E-state index contributed by atoms with van der Waals surface area (Å²) in [6.45, 7) is 4.64. The van der Waals surface area contributed by atoms with E-state index < -0.39 is 0 Å². The van der Waals surface area contributed by atoms with Crippen molar-refractivity contribution in [2.45, 2.75) is 6.92 Å². The van der Waals surface area contributed by atoms with Crippen molar-refractivity contribution in [2.75, 3.05) is 24.6 Å². The minimum Gasteiger partial charge on any atom is -0.466 e. The first-order chi connectivity index (χ1) is 6.88. The molecule has 76 valence electrons. The summed E-state index contributed by atoms with van der Waals surface area (Å²) in [6, 6.07) is 10.1. The Hall–Kier alpha value is -1.51. The predicted molar refractivity (Wildman–Crippen MR) is 56.3 cm³/mol. The molecule has 1 rings (SSSR count). The topological polar surface area (TPSA) is 29.5 Å². The molecule has 0 saturated heterocycles. The summed E-state index contributed by atoms with van der Waals surface area (Å²) in [5.41, 5.74) is 1.16. The van der Waals surface area contributed by atoms with Gasteiger partial charge in [-0.15, -0.1) is 0 Å². The van der Waals surface area contributed by atoms with Gasteiger partial charge in [0.1, 0.15) is 6.61 Å². The molecule has 0 N–H and O–H groups in total. The van der Waals surface area contributed by atoms with Gasteiger partial charge in [0.05, 0.1) is 6.54 Å². The summed E-state index contributed by atoms with van der Waals surface area (Å²) in [5, 5.41) is 0. The molecule has 0 atom stereocenters. The lowest BCUT2D eigenvalue weighted by Gasteiger charge is -2.22. The molecule has 0 fully saturated rings. The molecule has 0 heterocycles. The number of likely N-dealkylation sites (N-methyl/N-ethyl adjacent to an activating group) is 1. The fourth-order valence-corrected chi connectivity index (χ4v) is 1.32. The van der Waals surface area contributed by atoms with Gasteiger partial charge in [0.25, 0.3) is 6.47 Å². The molecule has 0 radical (unpaired) electrons. The third-order valence-corrected chi connectivity index (χ3v) is 2.05. The largest absolute Gasteiger partial charge is 0.466 e. The maximum atomic E-state index is 9.97. The number of rotatable bonds is 6. The molecule has 0 spiro atoms. The zero-order valence-corrected chi connectivity index (χ0v) is 8.35. The number of hydrogen-bond donors (Lipinski definition) is 0. The average molecular weight is 193 g/mol. The summed E-state index contributed by atoms with van der Waals surface area (Å²) in [7, 11) is 0. The summed E-state index contributed by atoms with van der Waals surface area (Å²) in [4.78, 5) is 12.1. The van der Waals surface area contributed by atoms with Crippen molar-refractivity contribution in [2.24, 2.45) is 0 Å². The highest BCUT2D eigenvalue weighted by molar-refractivity contribution is 5.45. The molecule has 0 aliphatic heterocycles. The second kappa shape index (κ2) is 6.02. The van der Waals surface area contributed by atoms with Crippen LogP contribution in [0.5, 0.6) is 0 Å². The minimum absolute atomic E-state index is 0.437. The van der Waals surface area contributed by atoms with E-state index in [2.05, 4.69) is 16.6 Å². The lowest BCUT2D eigenvalue weighted by Crippen LogP contribution is -2.26. The van der Waals surface area contributed by atoms with Gasteiger partial charge in [-0.3, -0.25) is 4.79 Å². The fraction of sp³-hybridized carbons (Fsp3) is 0.364. The summed E-state index contributed by atoms with van der Waals surface area (Å²) >= 11 is 0. The van der Waals surface area contributed by atoms with Gasteiger partial charge in [0.2, 0.25) is 0 Å². The van der Waals surface area contributed by atoms with Crippen LogP contribution in [0.1, 0.15) is 6.92 Å². The van der Waals surface area contributed by atoms with Gasteiger partial charge in [0.15, 0.2) is 0 Å². The van der Waals surface area contributed by atoms with Crippen molar-refractivity contribution >= 4 is 12.2 Å². The van der Waals surface area contributed by atoms with Crippen LogP contribution in [0.25, 0.3) is 0 Å². The highest BCUT2D eigenvalue weighted by Gasteiger charge is 2.02. The van der Waals surface area contributed by atoms with E-state index in [9.17, 15) is 4.79 Å². The summed E-state index contributed by atoms with van der Waals surface area (Å²) < 4.78 is 4.67. The van der Waals surface area contributed by atoms with E-state index in [0.29, 0.717) is 13.1 Å². The first-order valence-electron chi connectivity index (χ1n) is 4.73. The molecule has 0 amide bonds. The van der Waals surface area contributed by atoms with Gasteiger partial charge in [-0.1, -0.05) is 18.2 Å². The van der Waals surface area contributed by atoms with E-state index in [1.54, 1.807) is 0 Å². The van der Waals surface area contributed by atoms with E-state index in [-0.39, 0.29) is 0 Å². The number of carbonyl (C=O) groups is 1. The van der Waals surface area contributed by atoms with Crippen molar-refractivity contribution in [3.8, 4) is 0 Å². The van der Waals surface area contributed by atoms with Crippen LogP contribution in [0.4, 0.5) is 5.69 Å². The number of benzene rings is 1. The molecule has 1 aromatic rings. The van der Waals surface area contributed by atoms with Crippen molar-refractivity contribution in [3.05, 3.63) is 30.3 Å². The number of para-hydroxylation sites is 1. The number of nitrogens with zero attached hydrogens (tertiary/aromatic N) is 1. The molecule has 0 aromatic heterocycles. The lowest BCUT2D eigenvalue weighted by atomic mass is 10.3. The Bertz CT molecular complexity index is 261. The smallest absolute Gasteiger partial charge is 0.293 e. The van der Waals surface area contributed by atoms with E-state index in [0.717, 1.165) is 18.8 Å². The fourth-order valence-electron chi connectivity index (χ4n) is 1.32. The minimum atomic E-state index is 0.437. The first-order valence-corrected chi connectivity index (χ1v) is 4.73. The van der Waals surface area contributed by atoms with E-state index in [1.165, 1.54) is 0 Å². The van der Waals surface area contributed by atoms with Gasteiger partial charge in [-0.25, -0.2) is 0 Å². The highest BCUT2D eigenvalue weighted by atomic mass is 16.5. The predicted octanol–water partition coefficient (Wildman–Crippen LogP) is 1.69. The van der Waals surface area contributed by atoms with Crippen molar-refractivity contribution < 1.29 is 9.53 Å². The second-order valence-electron chi connectivity index (χ2n) is 2.88. The Morgan fingerprint density at radius 3 is 2.64 bits per heavy atom. The number of ether oxygens (including phenoxy) is 1. The number of hydrogen-bond acceptors (Lipinski definition) is 3. The SMILES string of the molecule is CCN(CCOC=O)c1ccccc1. The average Bonchev–Trinajstić information content (AvgIpc) is 2.26. The number of anilines is 1. The standard InChI is InChI=1S/C11H15NO2/c1-2-12(8-9-14-10-13)11-6-4-3-5-7-11/h3-7,10H,2,8-9H2,1H3. The molecule has 3 nitrogen and oxygen atoms in total. The Labute approximate surface area is 84.3 Å². The van der Waals surface area contributed by atoms with Gasteiger partial charge >= 0.3 is 0 Å². The van der Waals surface area contributed by atoms with Crippen molar-refractivity contribution in [3.63, 3.8) is 0 Å². The second-order valence-corrected chi connectivity index (χ2v) is 2.88. The first kappa shape index (κ1) is 10.6. The number of carbonyl (C=O) groups excluding carboxylic acids is 1. The molecule has 14 heavy (non-hydrogen) atoms. The van der Waals surface area contributed by atoms with Gasteiger partial charge in [-0.05, 0) is 19.1 Å². The van der Waals surface area contributed by atoms with Crippen molar-refractivity contribution in [1.29, 1.82) is 0 Å². The molecule has 0 aliphatic carbocycles. The van der Waals surface area contributed by atoms with Crippen LogP contribution in [-0.4, -0.2) is 26.2 Å². The molecule has 0 aliphatic rings. The Morgan fingerprint density at radius 1 is 1.36 bits per heavy atom. The highest BCUT2D eigenvalue weighted by Crippen LogP contribution is 2.11. The Balaban J connectivity index is 2.50. The van der Waals surface area contributed by atoms with Crippen LogP contribution in [0, 0.1) is 0 Å². The van der Waals surface area contributed by atoms with Crippen LogP contribution >= 0.6 is 0 Å². The normalized spacial score (nSPS) is 9.50. The van der Waals surface area contributed by atoms with Crippen LogP contribution < -0.4 is 4.90 Å². The van der Waals surface area contributed by atoms with E-state index >= 15 is 0 Å². The quantitative estimate of drug-likeness (QED) is 0.508. The van der Waals surface area contributed by atoms with Crippen LogP contribution in [-0.2, 0) is 9.53 Å². The summed E-state index contributed by atoms with van der Waals surface area (Å²) in [6.07, 6.45) is 0. The van der Waals surface area contributed by atoms with Crippen LogP contribution in [0.3, 0.4) is 0 Å². The lowest BCUT2D eigenvalue weighted by molar-refractivity contribution is -0.128. The summed E-state index contributed by atoms with van der Waals surface area (Å²) in [5.74, 6) is 0. The van der Waals surface area contributed by atoms with Gasteiger partial charge < -0.3 is 9.64 Å².